The van der Waals surface area contributed by atoms with E-state index >= 15 is 0 Å². The van der Waals surface area contributed by atoms with Crippen LogP contribution in [0.15, 0.2) is 71.6 Å². The summed E-state index contributed by atoms with van der Waals surface area (Å²) in [5.74, 6) is 0. The van der Waals surface area contributed by atoms with Gasteiger partial charge in [-0.3, -0.25) is 4.98 Å². The zero-order valence-corrected chi connectivity index (χ0v) is 18.1. The minimum Gasteiger partial charge on any atom is -0.392 e. The lowest BCUT2D eigenvalue weighted by molar-refractivity contribution is 0.199. The van der Waals surface area contributed by atoms with Crippen molar-refractivity contribution in [2.24, 2.45) is 0 Å². The lowest BCUT2D eigenvalue weighted by Gasteiger charge is -2.17. The summed E-state index contributed by atoms with van der Waals surface area (Å²) >= 11 is 0. The number of aliphatic hydroxyl groups excluding tert-OH is 1. The van der Waals surface area contributed by atoms with Gasteiger partial charge in [0.25, 0.3) is 0 Å². The second-order valence-electron chi connectivity index (χ2n) is 7.01. The summed E-state index contributed by atoms with van der Waals surface area (Å²) in [6, 6.07) is 12.1. The fraction of sp³-hybridized carbons (Fsp3) is 0.320. The first-order chi connectivity index (χ1) is 14.0. The summed E-state index contributed by atoms with van der Waals surface area (Å²) in [4.78, 5) is 4.56. The highest BCUT2D eigenvalue weighted by atomic mass is 16.5. The molecule has 4 heteroatoms. The maximum Gasteiger partial charge on any atom is 0.106 e. The van der Waals surface area contributed by atoms with E-state index in [1.807, 2.05) is 69.6 Å². The zero-order valence-electron chi connectivity index (χ0n) is 18.1. The Hall–Kier alpha value is -2.69. The molecule has 1 unspecified atom stereocenters. The molecule has 0 radical (unpaired) electrons. The Labute approximate surface area is 174 Å². The third kappa shape index (κ3) is 6.14. The van der Waals surface area contributed by atoms with Crippen molar-refractivity contribution in [3.63, 3.8) is 0 Å². The second-order valence-corrected chi connectivity index (χ2v) is 7.01. The van der Waals surface area contributed by atoms with Gasteiger partial charge in [0, 0.05) is 43.8 Å². The number of methoxy groups -OCH3 is 1. The van der Waals surface area contributed by atoms with E-state index in [9.17, 15) is 5.11 Å². The van der Waals surface area contributed by atoms with Crippen LogP contribution in [-0.4, -0.2) is 30.9 Å². The third-order valence-corrected chi connectivity index (χ3v) is 4.77. The average molecular weight is 393 g/mol. The third-order valence-electron chi connectivity index (χ3n) is 4.77. The molecule has 1 aromatic carbocycles. The largest absolute Gasteiger partial charge is 0.392 e. The van der Waals surface area contributed by atoms with Gasteiger partial charge in [0.05, 0.1) is 5.69 Å². The molecule has 0 saturated heterocycles. The zero-order chi connectivity index (χ0) is 21.2. The van der Waals surface area contributed by atoms with E-state index < -0.39 is 6.10 Å². The number of nitrogens with one attached hydrogen (secondary N) is 1. The molecule has 154 valence electrons. The number of benzene rings is 1. The summed E-state index contributed by atoms with van der Waals surface area (Å²) in [7, 11) is 3.59. The van der Waals surface area contributed by atoms with Gasteiger partial charge < -0.3 is 15.2 Å². The normalized spacial score (nSPS) is 15.9. The van der Waals surface area contributed by atoms with Crippen LogP contribution in [0.2, 0.25) is 0 Å². The van der Waals surface area contributed by atoms with Gasteiger partial charge in [-0.05, 0) is 55.2 Å². The number of allylic oxidation sites excluding steroid dienone is 3. The molecule has 0 spiro atoms. The molecule has 0 fully saturated rings. The van der Waals surface area contributed by atoms with Gasteiger partial charge >= 0.3 is 0 Å². The Bertz CT molecular complexity index is 881. The first kappa shape index (κ1) is 22.6. The summed E-state index contributed by atoms with van der Waals surface area (Å²) < 4.78 is 4.69. The number of ether oxygens (including phenoxy) is 1. The van der Waals surface area contributed by atoms with E-state index in [0.29, 0.717) is 0 Å². The van der Waals surface area contributed by atoms with Crippen molar-refractivity contribution >= 4 is 6.08 Å². The quantitative estimate of drug-likeness (QED) is 0.726. The molecule has 1 aliphatic carbocycles. The van der Waals surface area contributed by atoms with E-state index in [4.69, 9.17) is 4.74 Å². The molecule has 0 bridgehead atoms. The van der Waals surface area contributed by atoms with Crippen molar-refractivity contribution in [2.75, 3.05) is 20.8 Å². The summed E-state index contributed by atoms with van der Waals surface area (Å²) in [5, 5.41) is 14.1. The summed E-state index contributed by atoms with van der Waals surface area (Å²) in [6.07, 6.45) is 8.26. The summed E-state index contributed by atoms with van der Waals surface area (Å²) in [5.41, 5.74) is 6.69. The maximum atomic E-state index is 11.0. The van der Waals surface area contributed by atoms with Crippen LogP contribution in [0.3, 0.4) is 0 Å². The lowest BCUT2D eigenvalue weighted by Crippen LogP contribution is -2.08. The molecule has 4 nitrogen and oxygen atoms in total. The van der Waals surface area contributed by atoms with E-state index in [2.05, 4.69) is 29.4 Å². The average Bonchev–Trinajstić information content (AvgIpc) is 2.87. The van der Waals surface area contributed by atoms with Crippen LogP contribution >= 0.6 is 0 Å². The van der Waals surface area contributed by atoms with Crippen molar-refractivity contribution in [2.45, 2.75) is 33.3 Å². The Morgan fingerprint density at radius 3 is 2.52 bits per heavy atom. The molecule has 2 N–H and O–H groups in total. The number of hydrogen-bond acceptors (Lipinski definition) is 4. The van der Waals surface area contributed by atoms with Gasteiger partial charge in [0.15, 0.2) is 0 Å². The van der Waals surface area contributed by atoms with Crippen LogP contribution in [0.25, 0.3) is 17.2 Å². The van der Waals surface area contributed by atoms with Crippen LogP contribution in [-0.2, 0) is 4.74 Å². The van der Waals surface area contributed by atoms with E-state index in [1.54, 1.807) is 7.11 Å². The van der Waals surface area contributed by atoms with Crippen LogP contribution in [0.4, 0.5) is 0 Å². The Balaban J connectivity index is 0.000000537. The van der Waals surface area contributed by atoms with Crippen molar-refractivity contribution < 1.29 is 9.84 Å². The van der Waals surface area contributed by atoms with Gasteiger partial charge in [-0.25, -0.2) is 0 Å². The number of aliphatic hydroxyl groups is 1. The first-order valence-electron chi connectivity index (χ1n) is 9.99. The smallest absolute Gasteiger partial charge is 0.106 e. The topological polar surface area (TPSA) is 54.4 Å². The molecular formula is C25H32N2O2. The van der Waals surface area contributed by atoms with Crippen molar-refractivity contribution in [1.29, 1.82) is 0 Å². The molecule has 3 rings (SSSR count). The highest BCUT2D eigenvalue weighted by Crippen LogP contribution is 2.34. The number of fused-ring (bicyclic) bond motifs is 1. The van der Waals surface area contributed by atoms with Crippen molar-refractivity contribution in [3.05, 3.63) is 82.8 Å². The fourth-order valence-corrected chi connectivity index (χ4v) is 3.02. The molecule has 1 aliphatic rings. The van der Waals surface area contributed by atoms with Gasteiger partial charge in [0.2, 0.25) is 0 Å². The van der Waals surface area contributed by atoms with Gasteiger partial charge in [0.1, 0.15) is 6.10 Å². The number of rotatable bonds is 5. The monoisotopic (exact) mass is 392 g/mol. The van der Waals surface area contributed by atoms with Crippen LogP contribution < -0.4 is 5.32 Å². The Morgan fingerprint density at radius 1 is 1.21 bits per heavy atom. The standard InChI is InChI=1S/C21H22N2O.C4H10O/c1-14-9-10-20-19(21(24)18(14)11-15(2)22-3)12-17(13-23-20)16-7-5-4-6-8-16;1-3-4-5-2/h4-13,21-22,24H,1-3H3;3-4H2,1-2H3/b15-11+;. The first-order valence-corrected chi connectivity index (χ1v) is 9.99. The minimum atomic E-state index is -0.700. The lowest BCUT2D eigenvalue weighted by atomic mass is 9.95. The Morgan fingerprint density at radius 2 is 1.93 bits per heavy atom. The van der Waals surface area contributed by atoms with E-state index in [1.165, 1.54) is 0 Å². The van der Waals surface area contributed by atoms with E-state index in [0.717, 1.165) is 52.3 Å². The van der Waals surface area contributed by atoms with Gasteiger partial charge in [-0.15, -0.1) is 0 Å². The number of pyridine rings is 1. The molecule has 29 heavy (non-hydrogen) atoms. The maximum absolute atomic E-state index is 11.0. The fourth-order valence-electron chi connectivity index (χ4n) is 3.02. The molecular weight excluding hydrogens is 360 g/mol. The van der Waals surface area contributed by atoms with Gasteiger partial charge in [-0.2, -0.15) is 0 Å². The SMILES string of the molecule is CCCOC.CN/C(C)=C/C1=C(C)C=Cc2ncc(-c3ccccc3)cc2C1O. The van der Waals surface area contributed by atoms with Gasteiger partial charge in [-0.1, -0.05) is 43.3 Å². The van der Waals surface area contributed by atoms with Crippen LogP contribution in [0.5, 0.6) is 0 Å². The molecule has 0 amide bonds. The molecule has 0 saturated carbocycles. The van der Waals surface area contributed by atoms with Crippen LogP contribution in [0, 0.1) is 0 Å². The van der Waals surface area contributed by atoms with E-state index in [-0.39, 0.29) is 0 Å². The summed E-state index contributed by atoms with van der Waals surface area (Å²) in [6.45, 7) is 6.98. The number of hydrogen-bond donors (Lipinski definition) is 2. The predicted octanol–water partition coefficient (Wildman–Crippen LogP) is 5.29. The second kappa shape index (κ2) is 11.3. The molecule has 2 aromatic rings. The molecule has 1 aromatic heterocycles. The highest BCUT2D eigenvalue weighted by molar-refractivity contribution is 5.68. The molecule has 1 heterocycles. The van der Waals surface area contributed by atoms with Crippen molar-refractivity contribution in [3.8, 4) is 11.1 Å². The highest BCUT2D eigenvalue weighted by Gasteiger charge is 2.20. The Kier molecular flexibility index (Phi) is 8.84. The van der Waals surface area contributed by atoms with Crippen molar-refractivity contribution in [1.82, 2.24) is 10.3 Å². The predicted molar refractivity (Wildman–Crippen MR) is 121 cm³/mol. The minimum absolute atomic E-state index is 0.700. The molecule has 1 atom stereocenters. The number of nitrogens with zero attached hydrogens (tertiary/aromatic N) is 1. The van der Waals surface area contributed by atoms with Crippen LogP contribution in [0.1, 0.15) is 44.6 Å². The number of aromatic nitrogens is 1. The molecule has 0 aliphatic heterocycles.